The largest absolute Gasteiger partial charge is 0.300 e. The first-order chi connectivity index (χ1) is 4.00. The molecule has 5 heteroatoms. The number of primary sulfonamides is 1. The van der Waals surface area contributed by atoms with E-state index in [1.807, 2.05) is 0 Å². The Kier molecular flexibility index (Phi) is 1.32. The van der Waals surface area contributed by atoms with Crippen molar-refractivity contribution in [3.05, 3.63) is 0 Å². The van der Waals surface area contributed by atoms with E-state index in [0.717, 1.165) is 0 Å². The molecule has 0 spiro atoms. The summed E-state index contributed by atoms with van der Waals surface area (Å²) < 4.78 is 20.8. The fourth-order valence-corrected chi connectivity index (χ4v) is 1.52. The average Bonchev–Trinajstić information content (AvgIpc) is 1.55. The van der Waals surface area contributed by atoms with Gasteiger partial charge in [0.2, 0.25) is 10.0 Å². The minimum absolute atomic E-state index is 0.0194. The summed E-state index contributed by atoms with van der Waals surface area (Å²) in [4.78, 5) is 10.2. The lowest BCUT2D eigenvalue weighted by Crippen LogP contribution is -2.40. The van der Waals surface area contributed by atoms with Crippen molar-refractivity contribution in [2.45, 2.75) is 18.1 Å². The first kappa shape index (κ1) is 6.70. The fourth-order valence-electron chi connectivity index (χ4n) is 0.680. The molecule has 0 heterocycles. The zero-order valence-electron chi connectivity index (χ0n) is 4.70. The van der Waals surface area contributed by atoms with Gasteiger partial charge in [0.25, 0.3) is 0 Å². The molecule has 0 aromatic carbocycles. The van der Waals surface area contributed by atoms with E-state index in [-0.39, 0.29) is 18.6 Å². The third kappa shape index (κ3) is 1.28. The van der Waals surface area contributed by atoms with Gasteiger partial charge in [-0.2, -0.15) is 0 Å². The van der Waals surface area contributed by atoms with E-state index in [2.05, 4.69) is 0 Å². The Morgan fingerprint density at radius 3 is 2.00 bits per heavy atom. The van der Waals surface area contributed by atoms with Gasteiger partial charge in [0.05, 0.1) is 5.25 Å². The fraction of sp³-hybridized carbons (Fsp3) is 0.750. The van der Waals surface area contributed by atoms with E-state index in [1.165, 1.54) is 0 Å². The summed E-state index contributed by atoms with van der Waals surface area (Å²) in [7, 11) is -3.42. The van der Waals surface area contributed by atoms with Crippen molar-refractivity contribution in [3.63, 3.8) is 0 Å². The number of rotatable bonds is 1. The highest BCUT2D eigenvalue weighted by atomic mass is 32.2. The number of carbonyl (C=O) groups is 1. The van der Waals surface area contributed by atoms with E-state index in [0.29, 0.717) is 0 Å². The quantitative estimate of drug-likeness (QED) is 0.519. The van der Waals surface area contributed by atoms with Crippen LogP contribution in [0, 0.1) is 0 Å². The Labute approximate surface area is 53.1 Å². The standard InChI is InChI=1S/C4H7NO3S/c5-9(7,8)4-1-3(6)2-4/h4H,1-2H2,(H2,5,7,8). The highest BCUT2D eigenvalue weighted by molar-refractivity contribution is 7.89. The lowest BCUT2D eigenvalue weighted by Gasteiger charge is -2.20. The van der Waals surface area contributed by atoms with Crippen LogP contribution in [-0.4, -0.2) is 19.5 Å². The number of nitrogens with two attached hydrogens (primary N) is 1. The van der Waals surface area contributed by atoms with E-state index < -0.39 is 15.3 Å². The predicted octanol–water partition coefficient (Wildman–Crippen LogP) is -0.994. The smallest absolute Gasteiger partial charge is 0.212 e. The Morgan fingerprint density at radius 2 is 1.89 bits per heavy atom. The Bertz CT molecular complexity index is 222. The molecule has 1 aliphatic carbocycles. The van der Waals surface area contributed by atoms with Crippen molar-refractivity contribution >= 4 is 15.8 Å². The maximum atomic E-state index is 10.4. The lowest BCUT2D eigenvalue weighted by molar-refractivity contribution is -0.123. The number of carbonyl (C=O) groups excluding carboxylic acids is 1. The van der Waals surface area contributed by atoms with E-state index in [4.69, 9.17) is 5.14 Å². The first-order valence-electron chi connectivity index (χ1n) is 2.53. The molecule has 0 atom stereocenters. The molecule has 9 heavy (non-hydrogen) atoms. The highest BCUT2D eigenvalue weighted by Gasteiger charge is 2.34. The lowest BCUT2D eigenvalue weighted by atomic mass is 9.98. The molecule has 0 aromatic rings. The number of sulfonamides is 1. The predicted molar refractivity (Wildman–Crippen MR) is 31.1 cm³/mol. The minimum atomic E-state index is -3.42. The van der Waals surface area contributed by atoms with Gasteiger partial charge in [0.1, 0.15) is 5.78 Å². The molecule has 0 bridgehead atoms. The van der Waals surface area contributed by atoms with Crippen LogP contribution in [0.15, 0.2) is 0 Å². The second-order valence-corrected chi connectivity index (χ2v) is 4.00. The van der Waals surface area contributed by atoms with E-state index in [9.17, 15) is 13.2 Å². The van der Waals surface area contributed by atoms with Crippen LogP contribution in [0.2, 0.25) is 0 Å². The summed E-state index contributed by atoms with van der Waals surface area (Å²) in [5.41, 5.74) is 0. The minimum Gasteiger partial charge on any atom is -0.300 e. The molecule has 1 fully saturated rings. The molecule has 1 aliphatic rings. The van der Waals surface area contributed by atoms with Crippen molar-refractivity contribution in [1.29, 1.82) is 0 Å². The highest BCUT2D eigenvalue weighted by Crippen LogP contribution is 2.19. The van der Waals surface area contributed by atoms with Crippen LogP contribution in [0.25, 0.3) is 0 Å². The Balaban J connectivity index is 2.61. The maximum Gasteiger partial charge on any atom is 0.212 e. The third-order valence-electron chi connectivity index (χ3n) is 1.38. The molecule has 2 N–H and O–H groups in total. The molecule has 0 aliphatic heterocycles. The van der Waals surface area contributed by atoms with Crippen LogP contribution in [0.4, 0.5) is 0 Å². The molecule has 1 rings (SSSR count). The second-order valence-electron chi connectivity index (χ2n) is 2.16. The summed E-state index contributed by atoms with van der Waals surface area (Å²) in [5.74, 6) is -0.0194. The van der Waals surface area contributed by atoms with Crippen molar-refractivity contribution in [2.24, 2.45) is 5.14 Å². The van der Waals surface area contributed by atoms with Gasteiger partial charge < -0.3 is 0 Å². The maximum absolute atomic E-state index is 10.4. The first-order valence-corrected chi connectivity index (χ1v) is 4.14. The number of ketones is 1. The molecule has 4 nitrogen and oxygen atoms in total. The van der Waals surface area contributed by atoms with Gasteiger partial charge in [0.15, 0.2) is 0 Å². The molecule has 52 valence electrons. The molecular formula is C4H7NO3S. The van der Waals surface area contributed by atoms with Crippen LogP contribution in [0.1, 0.15) is 12.8 Å². The van der Waals surface area contributed by atoms with Gasteiger partial charge in [-0.3, -0.25) is 4.79 Å². The second kappa shape index (κ2) is 1.78. The topological polar surface area (TPSA) is 77.2 Å². The number of hydrogen-bond acceptors (Lipinski definition) is 3. The zero-order chi connectivity index (χ0) is 7.07. The van der Waals surface area contributed by atoms with Gasteiger partial charge in [0, 0.05) is 12.8 Å². The Hall–Kier alpha value is -0.420. The summed E-state index contributed by atoms with van der Waals surface area (Å²) in [6.45, 7) is 0. The van der Waals surface area contributed by atoms with Crippen LogP contribution >= 0.6 is 0 Å². The molecule has 0 radical (unpaired) electrons. The summed E-state index contributed by atoms with van der Waals surface area (Å²) in [6.07, 6.45) is 0.220. The third-order valence-corrected chi connectivity index (χ3v) is 2.64. The monoisotopic (exact) mass is 149 g/mol. The SMILES string of the molecule is NS(=O)(=O)C1CC(=O)C1. The van der Waals surface area contributed by atoms with Crippen LogP contribution in [-0.2, 0) is 14.8 Å². The molecule has 0 saturated heterocycles. The van der Waals surface area contributed by atoms with Crippen molar-refractivity contribution in [2.75, 3.05) is 0 Å². The number of Topliss-reactive ketones (excluding diaryl/α,β-unsaturated/α-hetero) is 1. The summed E-state index contributed by atoms with van der Waals surface area (Å²) in [6, 6.07) is 0. The van der Waals surface area contributed by atoms with E-state index >= 15 is 0 Å². The molecule has 0 aromatic heterocycles. The Morgan fingerprint density at radius 1 is 1.44 bits per heavy atom. The molecule has 1 saturated carbocycles. The van der Waals surface area contributed by atoms with E-state index in [1.54, 1.807) is 0 Å². The number of hydrogen-bond donors (Lipinski definition) is 1. The van der Waals surface area contributed by atoms with Crippen molar-refractivity contribution in [3.8, 4) is 0 Å². The van der Waals surface area contributed by atoms with Crippen molar-refractivity contribution < 1.29 is 13.2 Å². The van der Waals surface area contributed by atoms with Gasteiger partial charge in [-0.25, -0.2) is 13.6 Å². The molecule has 0 unspecified atom stereocenters. The average molecular weight is 149 g/mol. The summed E-state index contributed by atoms with van der Waals surface area (Å²) in [5, 5.41) is 4.13. The summed E-state index contributed by atoms with van der Waals surface area (Å²) >= 11 is 0. The van der Waals surface area contributed by atoms with Crippen molar-refractivity contribution in [1.82, 2.24) is 0 Å². The van der Waals surface area contributed by atoms with Crippen LogP contribution in [0.3, 0.4) is 0 Å². The van der Waals surface area contributed by atoms with Gasteiger partial charge in [-0.05, 0) is 0 Å². The zero-order valence-corrected chi connectivity index (χ0v) is 5.52. The van der Waals surface area contributed by atoms with Gasteiger partial charge in [-0.1, -0.05) is 0 Å². The van der Waals surface area contributed by atoms with Gasteiger partial charge >= 0.3 is 0 Å². The molecule has 0 amide bonds. The van der Waals surface area contributed by atoms with Gasteiger partial charge in [-0.15, -0.1) is 0 Å². The van der Waals surface area contributed by atoms with Crippen LogP contribution < -0.4 is 5.14 Å². The van der Waals surface area contributed by atoms with Crippen LogP contribution in [0.5, 0.6) is 0 Å². The normalized spacial score (nSPS) is 21.7. The molecular weight excluding hydrogens is 142 g/mol.